The average molecular weight is 479 g/mol. The Hall–Kier alpha value is -1.99. The lowest BCUT2D eigenvalue weighted by Gasteiger charge is -2.11. The molecule has 0 atom stereocenters. The van der Waals surface area contributed by atoms with Gasteiger partial charge in [-0.1, -0.05) is 15.9 Å². The first kappa shape index (κ1) is 18.8. The van der Waals surface area contributed by atoms with E-state index in [2.05, 4.69) is 41.9 Å². The molecule has 2 aromatic carbocycles. The lowest BCUT2D eigenvalue weighted by atomic mass is 10.2. The molecule has 0 unspecified atom stereocenters. The highest BCUT2D eigenvalue weighted by Gasteiger charge is 2.08. The molecular weight excluding hydrogens is 462 g/mol. The molecule has 0 radical (unpaired) electrons. The maximum atomic E-state index is 12.7. The van der Waals surface area contributed by atoms with Crippen LogP contribution in [0.2, 0.25) is 0 Å². The number of benzene rings is 2. The predicted molar refractivity (Wildman–Crippen MR) is 111 cm³/mol. The summed E-state index contributed by atoms with van der Waals surface area (Å²) in [6.45, 7) is 5.71. The number of aromatic nitrogens is 2. The Balaban J connectivity index is 1.98. The summed E-state index contributed by atoms with van der Waals surface area (Å²) in [5.74, 6) is 1.29. The molecule has 0 bridgehead atoms. The summed E-state index contributed by atoms with van der Waals surface area (Å²) in [5, 5.41) is 4.84. The highest BCUT2D eigenvalue weighted by atomic mass is 79.9. The van der Waals surface area contributed by atoms with Gasteiger partial charge in [-0.25, -0.2) is 4.98 Å². The van der Waals surface area contributed by atoms with E-state index in [9.17, 15) is 4.79 Å². The molecule has 3 aromatic rings. The van der Waals surface area contributed by atoms with Gasteiger partial charge in [0.2, 0.25) is 0 Å². The molecule has 1 heterocycles. The lowest BCUT2D eigenvalue weighted by Crippen LogP contribution is -2.20. The van der Waals surface area contributed by atoms with Crippen molar-refractivity contribution in [1.82, 2.24) is 9.66 Å². The minimum absolute atomic E-state index is 0.0926. The first-order valence-electron chi connectivity index (χ1n) is 8.04. The third-order valence-electron chi connectivity index (χ3n) is 3.61. The summed E-state index contributed by atoms with van der Waals surface area (Å²) in [6, 6.07) is 11.1. The number of hydrogen-bond acceptors (Lipinski definition) is 4. The van der Waals surface area contributed by atoms with Gasteiger partial charge in [-0.05, 0) is 78.7 Å². The second-order valence-electron chi connectivity index (χ2n) is 6.04. The van der Waals surface area contributed by atoms with E-state index in [-0.39, 0.29) is 11.7 Å². The van der Waals surface area contributed by atoms with Crippen LogP contribution >= 0.6 is 31.9 Å². The van der Waals surface area contributed by atoms with E-state index in [1.807, 2.05) is 44.2 Å². The monoisotopic (exact) mass is 477 g/mol. The highest BCUT2D eigenvalue weighted by Crippen LogP contribution is 2.26. The molecule has 0 amide bonds. The van der Waals surface area contributed by atoms with E-state index in [4.69, 9.17) is 4.74 Å². The molecular formula is C19H17Br2N3O2. The van der Waals surface area contributed by atoms with Crippen LogP contribution in [0.4, 0.5) is 0 Å². The normalized spacial score (nSPS) is 11.6. The molecule has 0 fully saturated rings. The van der Waals surface area contributed by atoms with Crippen molar-refractivity contribution < 1.29 is 4.74 Å². The summed E-state index contributed by atoms with van der Waals surface area (Å²) in [4.78, 5) is 17.2. The van der Waals surface area contributed by atoms with Crippen LogP contribution in [-0.2, 0) is 0 Å². The number of nitrogens with zero attached hydrogens (tertiary/aromatic N) is 3. The minimum atomic E-state index is -0.205. The second kappa shape index (κ2) is 7.72. The Morgan fingerprint density at radius 2 is 1.96 bits per heavy atom. The SMILES string of the molecule is Cc1nc2ccc(Br)cc2c(=O)n1N=Cc1ccc(OC(C)C)c(Br)c1. The fourth-order valence-electron chi connectivity index (χ4n) is 2.47. The largest absolute Gasteiger partial charge is 0.490 e. The maximum Gasteiger partial charge on any atom is 0.282 e. The average Bonchev–Trinajstić information content (AvgIpc) is 2.57. The number of hydrogen-bond donors (Lipinski definition) is 0. The molecule has 0 saturated carbocycles. The Morgan fingerprint density at radius 3 is 2.65 bits per heavy atom. The molecule has 7 heteroatoms. The molecule has 26 heavy (non-hydrogen) atoms. The maximum absolute atomic E-state index is 12.7. The minimum Gasteiger partial charge on any atom is -0.490 e. The van der Waals surface area contributed by atoms with Crippen molar-refractivity contribution in [2.24, 2.45) is 5.10 Å². The van der Waals surface area contributed by atoms with Crippen molar-refractivity contribution >= 4 is 49.0 Å². The Labute approximate surface area is 168 Å². The Morgan fingerprint density at radius 1 is 1.19 bits per heavy atom. The summed E-state index contributed by atoms with van der Waals surface area (Å²) in [7, 11) is 0. The summed E-state index contributed by atoms with van der Waals surface area (Å²) in [5.41, 5.74) is 1.29. The van der Waals surface area contributed by atoms with E-state index >= 15 is 0 Å². The third kappa shape index (κ3) is 4.04. The first-order valence-corrected chi connectivity index (χ1v) is 9.63. The van der Waals surface area contributed by atoms with Crippen LogP contribution in [0.3, 0.4) is 0 Å². The fraction of sp³-hybridized carbons (Fsp3) is 0.211. The molecule has 0 aliphatic heterocycles. The number of aryl methyl sites for hydroxylation is 1. The van der Waals surface area contributed by atoms with Crippen molar-refractivity contribution in [3.05, 3.63) is 67.1 Å². The van der Waals surface area contributed by atoms with E-state index in [0.717, 1.165) is 20.3 Å². The zero-order valence-corrected chi connectivity index (χ0v) is 17.7. The first-order chi connectivity index (χ1) is 12.3. The van der Waals surface area contributed by atoms with Crippen LogP contribution < -0.4 is 10.3 Å². The third-order valence-corrected chi connectivity index (χ3v) is 4.72. The van der Waals surface area contributed by atoms with Gasteiger partial charge in [-0.3, -0.25) is 4.79 Å². The summed E-state index contributed by atoms with van der Waals surface area (Å²) < 4.78 is 8.67. The van der Waals surface area contributed by atoms with Crippen molar-refractivity contribution in [2.45, 2.75) is 26.9 Å². The highest BCUT2D eigenvalue weighted by molar-refractivity contribution is 9.10. The summed E-state index contributed by atoms with van der Waals surface area (Å²) >= 11 is 6.88. The smallest absolute Gasteiger partial charge is 0.282 e. The van der Waals surface area contributed by atoms with Gasteiger partial charge in [0.15, 0.2) is 0 Å². The van der Waals surface area contributed by atoms with Gasteiger partial charge in [0.25, 0.3) is 5.56 Å². The predicted octanol–water partition coefficient (Wildman–Crippen LogP) is 4.90. The fourth-order valence-corrected chi connectivity index (χ4v) is 3.32. The molecule has 134 valence electrons. The Bertz CT molecular complexity index is 1060. The van der Waals surface area contributed by atoms with Crippen molar-refractivity contribution in [2.75, 3.05) is 0 Å². The van der Waals surface area contributed by atoms with Crippen LogP contribution in [0, 0.1) is 6.92 Å². The van der Waals surface area contributed by atoms with Crippen molar-refractivity contribution in [3.8, 4) is 5.75 Å². The van der Waals surface area contributed by atoms with Crippen LogP contribution in [0.5, 0.6) is 5.75 Å². The van der Waals surface area contributed by atoms with Crippen molar-refractivity contribution in [1.29, 1.82) is 0 Å². The van der Waals surface area contributed by atoms with Crippen LogP contribution in [-0.4, -0.2) is 22.0 Å². The van der Waals surface area contributed by atoms with Crippen LogP contribution in [0.15, 0.2) is 55.2 Å². The number of halogens is 2. The molecule has 0 aliphatic carbocycles. The number of rotatable bonds is 4. The van der Waals surface area contributed by atoms with E-state index in [1.165, 1.54) is 4.68 Å². The topological polar surface area (TPSA) is 56.5 Å². The van der Waals surface area contributed by atoms with Gasteiger partial charge in [-0.15, -0.1) is 0 Å². The number of ether oxygens (including phenoxy) is 1. The zero-order valence-electron chi connectivity index (χ0n) is 14.5. The molecule has 0 N–H and O–H groups in total. The lowest BCUT2D eigenvalue weighted by molar-refractivity contribution is 0.241. The molecule has 5 nitrogen and oxygen atoms in total. The zero-order chi connectivity index (χ0) is 18.8. The summed E-state index contributed by atoms with van der Waals surface area (Å²) in [6.07, 6.45) is 1.72. The van der Waals surface area contributed by atoms with Gasteiger partial charge in [0.05, 0.1) is 27.7 Å². The molecule has 0 aliphatic rings. The quantitative estimate of drug-likeness (QED) is 0.501. The Kier molecular flexibility index (Phi) is 5.58. The van der Waals surface area contributed by atoms with Gasteiger partial charge in [-0.2, -0.15) is 9.78 Å². The van der Waals surface area contributed by atoms with Gasteiger partial charge < -0.3 is 4.74 Å². The molecule has 1 aromatic heterocycles. The van der Waals surface area contributed by atoms with Crippen LogP contribution in [0.25, 0.3) is 10.9 Å². The molecule has 3 rings (SSSR count). The van der Waals surface area contributed by atoms with Gasteiger partial charge >= 0.3 is 0 Å². The number of fused-ring (bicyclic) bond motifs is 1. The van der Waals surface area contributed by atoms with E-state index in [0.29, 0.717) is 16.7 Å². The second-order valence-corrected chi connectivity index (χ2v) is 7.81. The van der Waals surface area contributed by atoms with Crippen LogP contribution in [0.1, 0.15) is 25.2 Å². The molecule has 0 spiro atoms. The standard InChI is InChI=1S/C19H17Br2N3O2/c1-11(2)26-18-7-4-13(8-16(18)21)10-22-24-12(3)23-17-6-5-14(20)9-15(17)19(24)25/h4-11H,1-3H3. The van der Waals surface area contributed by atoms with E-state index in [1.54, 1.807) is 19.2 Å². The molecule has 0 saturated heterocycles. The van der Waals surface area contributed by atoms with Crippen molar-refractivity contribution in [3.63, 3.8) is 0 Å². The van der Waals surface area contributed by atoms with E-state index < -0.39 is 0 Å². The van der Waals surface area contributed by atoms with Gasteiger partial charge in [0, 0.05) is 4.47 Å². The van der Waals surface area contributed by atoms with Gasteiger partial charge in [0.1, 0.15) is 11.6 Å².